The van der Waals surface area contributed by atoms with Crippen LogP contribution in [-0.4, -0.2) is 77.2 Å². The first-order valence-corrected chi connectivity index (χ1v) is 7.88. The maximum atomic E-state index is 12.7. The molecule has 2 aliphatic rings. The van der Waals surface area contributed by atoms with Crippen LogP contribution >= 0.6 is 11.6 Å². The van der Waals surface area contributed by atoms with Crippen molar-refractivity contribution in [2.75, 3.05) is 28.2 Å². The maximum Gasteiger partial charge on any atom is 0.392 e. The number of hydrogen-bond acceptors (Lipinski definition) is 2. The minimum absolute atomic E-state index is 0.275. The number of benzene rings is 1. The molecule has 0 saturated carbocycles. The summed E-state index contributed by atoms with van der Waals surface area (Å²) in [5, 5.41) is 0.660. The molecular weight excluding hydrogens is 330 g/mol. The van der Waals surface area contributed by atoms with Crippen LogP contribution in [0.25, 0.3) is 0 Å². The summed E-state index contributed by atoms with van der Waals surface area (Å²) in [6.07, 6.45) is 0. The molecule has 0 aliphatic carbocycles. The number of aliphatic imine (C=N–C) groups is 1. The van der Waals surface area contributed by atoms with Crippen LogP contribution in [0, 0.1) is 0 Å². The molecule has 0 N–H and O–H groups in total. The molecule has 0 radical (unpaired) electrons. The molecule has 24 heavy (non-hydrogen) atoms. The Hall–Kier alpha value is -2.41. The van der Waals surface area contributed by atoms with Gasteiger partial charge in [0.2, 0.25) is 11.9 Å². The summed E-state index contributed by atoms with van der Waals surface area (Å²) in [6.45, 7) is 0.490. The summed E-state index contributed by atoms with van der Waals surface area (Å²) < 4.78 is 1.84. The normalized spacial score (nSPS) is 20.5. The van der Waals surface area contributed by atoms with Crippen molar-refractivity contribution in [3.05, 3.63) is 34.9 Å². The van der Waals surface area contributed by atoms with Crippen molar-refractivity contribution in [3.63, 3.8) is 0 Å². The van der Waals surface area contributed by atoms with Crippen molar-refractivity contribution >= 4 is 35.3 Å². The fraction of sp³-hybridized carbons (Fsp3) is 0.375. The summed E-state index contributed by atoms with van der Waals surface area (Å²) in [5.41, 5.74) is 1.00. The van der Waals surface area contributed by atoms with Crippen LogP contribution < -0.4 is 0 Å². The fourth-order valence-electron chi connectivity index (χ4n) is 2.89. The van der Waals surface area contributed by atoms with Crippen LogP contribution in [0.3, 0.4) is 0 Å². The van der Waals surface area contributed by atoms with Gasteiger partial charge in [-0.15, -0.1) is 0 Å². The molecule has 2 aliphatic heterocycles. The molecule has 3 amide bonds. The highest BCUT2D eigenvalue weighted by Crippen LogP contribution is 2.25. The number of fused-ring (bicyclic) bond motifs is 1. The van der Waals surface area contributed by atoms with Gasteiger partial charge in [0.05, 0.1) is 20.6 Å². The number of likely N-dealkylation sites (N-methyl/N-ethyl adjacent to an activating group) is 2. The van der Waals surface area contributed by atoms with Crippen molar-refractivity contribution < 1.29 is 14.2 Å². The molecule has 3 rings (SSSR count). The number of urea groups is 1. The summed E-state index contributed by atoms with van der Waals surface area (Å²) >= 11 is 5.94. The molecule has 126 valence electrons. The molecule has 1 saturated heterocycles. The predicted molar refractivity (Wildman–Crippen MR) is 91.3 cm³/mol. The number of guanidine groups is 1. The fourth-order valence-corrected chi connectivity index (χ4v) is 3.02. The number of hydrogen-bond donors (Lipinski definition) is 0. The standard InChI is InChI=1S/C16H19ClN5O2/c1-19(2)15-18-13-12(14(23)21(4)16(24)20(13)3)22(15)9-10-5-7-11(17)8-6-10/h5-8,12H,9H2,1-4H3/q+1. The van der Waals surface area contributed by atoms with Gasteiger partial charge in [0.1, 0.15) is 0 Å². The average Bonchev–Trinajstić information content (AvgIpc) is 2.92. The van der Waals surface area contributed by atoms with Gasteiger partial charge >= 0.3 is 12.0 Å². The quantitative estimate of drug-likeness (QED) is 0.751. The number of carbonyl (C=O) groups excluding carboxylic acids is 2. The molecule has 1 aromatic carbocycles. The van der Waals surface area contributed by atoms with E-state index >= 15 is 0 Å². The van der Waals surface area contributed by atoms with Gasteiger partial charge in [-0.3, -0.25) is 19.2 Å². The molecule has 8 heteroatoms. The Morgan fingerprint density at radius 2 is 1.75 bits per heavy atom. The average molecular weight is 349 g/mol. The lowest BCUT2D eigenvalue weighted by molar-refractivity contribution is -0.471. The molecule has 0 aromatic heterocycles. The summed E-state index contributed by atoms with van der Waals surface area (Å²) in [6, 6.07) is 6.48. The Bertz CT molecular complexity index is 767. The van der Waals surface area contributed by atoms with E-state index in [-0.39, 0.29) is 11.9 Å². The van der Waals surface area contributed by atoms with E-state index in [2.05, 4.69) is 4.99 Å². The zero-order chi connectivity index (χ0) is 17.6. The van der Waals surface area contributed by atoms with Gasteiger partial charge in [0.25, 0.3) is 5.91 Å². The second-order valence-corrected chi connectivity index (χ2v) is 6.50. The van der Waals surface area contributed by atoms with E-state index in [1.165, 1.54) is 11.9 Å². The van der Waals surface area contributed by atoms with Crippen molar-refractivity contribution in [1.29, 1.82) is 0 Å². The number of nitrogens with zero attached hydrogens (tertiary/aromatic N) is 5. The van der Waals surface area contributed by atoms with Crippen LogP contribution in [-0.2, 0) is 11.3 Å². The topological polar surface area (TPSA) is 59.2 Å². The number of rotatable bonds is 2. The smallest absolute Gasteiger partial charge is 0.270 e. The van der Waals surface area contributed by atoms with Crippen molar-refractivity contribution in [2.24, 2.45) is 4.99 Å². The van der Waals surface area contributed by atoms with E-state index in [9.17, 15) is 9.59 Å². The Labute approximate surface area is 145 Å². The van der Waals surface area contributed by atoms with E-state index < -0.39 is 6.04 Å². The van der Waals surface area contributed by atoms with Crippen LogP contribution in [0.5, 0.6) is 0 Å². The van der Waals surface area contributed by atoms with Crippen LogP contribution in [0.1, 0.15) is 5.56 Å². The first-order chi connectivity index (χ1) is 11.3. The van der Waals surface area contributed by atoms with E-state index in [1.54, 1.807) is 7.05 Å². The van der Waals surface area contributed by atoms with Gasteiger partial charge in [-0.2, -0.15) is 0 Å². The molecule has 7 nitrogen and oxygen atoms in total. The second kappa shape index (κ2) is 5.90. The van der Waals surface area contributed by atoms with Gasteiger partial charge in [0.15, 0.2) is 0 Å². The molecule has 1 atom stereocenters. The largest absolute Gasteiger partial charge is 0.392 e. The monoisotopic (exact) mass is 348 g/mol. The number of amidine groups is 1. The minimum atomic E-state index is -0.606. The molecule has 1 fully saturated rings. The first kappa shape index (κ1) is 16.4. The van der Waals surface area contributed by atoms with Gasteiger partial charge in [-0.1, -0.05) is 28.7 Å². The molecule has 0 spiro atoms. The number of halogens is 1. The third kappa shape index (κ3) is 2.54. The zero-order valence-electron chi connectivity index (χ0n) is 14.0. The third-order valence-corrected chi connectivity index (χ3v) is 4.43. The van der Waals surface area contributed by atoms with Gasteiger partial charge < -0.3 is 0 Å². The molecular formula is C16H19ClN5O2+. The Morgan fingerprint density at radius 1 is 1.12 bits per heavy atom. The Kier molecular flexibility index (Phi) is 4.04. The molecule has 1 unspecified atom stereocenters. The van der Waals surface area contributed by atoms with Crippen molar-refractivity contribution in [2.45, 2.75) is 12.6 Å². The van der Waals surface area contributed by atoms with Crippen molar-refractivity contribution in [3.8, 4) is 0 Å². The van der Waals surface area contributed by atoms with Gasteiger partial charge in [0, 0.05) is 19.1 Å². The van der Waals surface area contributed by atoms with E-state index in [0.29, 0.717) is 23.4 Å². The molecule has 0 bridgehead atoms. The summed E-state index contributed by atoms with van der Waals surface area (Å²) in [4.78, 5) is 33.8. The number of amides is 3. The van der Waals surface area contributed by atoms with E-state index in [1.807, 2.05) is 47.8 Å². The first-order valence-electron chi connectivity index (χ1n) is 7.50. The lowest BCUT2D eigenvalue weighted by Gasteiger charge is -2.33. The highest BCUT2D eigenvalue weighted by atomic mass is 35.5. The minimum Gasteiger partial charge on any atom is -0.270 e. The number of imide groups is 1. The summed E-state index contributed by atoms with van der Waals surface area (Å²) in [5.74, 6) is 0.830. The highest BCUT2D eigenvalue weighted by molar-refractivity contribution is 6.30. The van der Waals surface area contributed by atoms with Crippen molar-refractivity contribution in [1.82, 2.24) is 14.7 Å². The summed E-state index contributed by atoms with van der Waals surface area (Å²) in [7, 11) is 6.85. The Balaban J connectivity index is 2.01. The highest BCUT2D eigenvalue weighted by Gasteiger charge is 2.54. The molecule has 1 aromatic rings. The lowest BCUT2D eigenvalue weighted by atomic mass is 10.1. The Morgan fingerprint density at radius 3 is 2.33 bits per heavy atom. The van der Waals surface area contributed by atoms with E-state index in [4.69, 9.17) is 11.6 Å². The van der Waals surface area contributed by atoms with Crippen LogP contribution in [0.4, 0.5) is 4.79 Å². The number of carbonyl (C=O) groups is 2. The van der Waals surface area contributed by atoms with Crippen LogP contribution in [0.2, 0.25) is 5.02 Å². The third-order valence-electron chi connectivity index (χ3n) is 4.18. The SMILES string of the molecule is CN1C(=O)C2C(=NC(=[N+](C)C)N2Cc2ccc(Cl)cc2)N(C)C1=O. The van der Waals surface area contributed by atoms with Gasteiger partial charge in [-0.25, -0.2) is 9.69 Å². The second-order valence-electron chi connectivity index (χ2n) is 6.06. The zero-order valence-corrected chi connectivity index (χ0v) is 14.8. The van der Waals surface area contributed by atoms with Gasteiger partial charge in [-0.05, 0) is 17.7 Å². The maximum absolute atomic E-state index is 12.7. The van der Waals surface area contributed by atoms with E-state index in [0.717, 1.165) is 10.5 Å². The molecule has 2 heterocycles. The predicted octanol–water partition coefficient (Wildman–Crippen LogP) is 1.07. The lowest BCUT2D eigenvalue weighted by Crippen LogP contribution is -2.62. The van der Waals surface area contributed by atoms with Crippen LogP contribution in [0.15, 0.2) is 29.3 Å².